The normalized spacial score (nSPS) is 15.4. The van der Waals surface area contributed by atoms with Crippen molar-refractivity contribution in [2.24, 2.45) is 0 Å². The van der Waals surface area contributed by atoms with Gasteiger partial charge in [-0.15, -0.1) is 6.58 Å². The smallest absolute Gasteiger partial charge is 0.0564 e. The lowest BCUT2D eigenvalue weighted by atomic mass is 10.2. The molecular formula is C10H21NOS. The summed E-state index contributed by atoms with van der Waals surface area (Å²) in [7, 11) is 0. The summed E-state index contributed by atoms with van der Waals surface area (Å²) in [6.07, 6.45) is 3.04. The fourth-order valence-corrected chi connectivity index (χ4v) is 1.73. The van der Waals surface area contributed by atoms with Crippen LogP contribution in [-0.2, 0) is 0 Å². The highest BCUT2D eigenvalue weighted by Crippen LogP contribution is 2.10. The first kappa shape index (κ1) is 13.0. The minimum Gasteiger partial charge on any atom is -0.395 e. The highest BCUT2D eigenvalue weighted by molar-refractivity contribution is 7.99. The summed E-state index contributed by atoms with van der Waals surface area (Å²) in [4.78, 5) is 0. The van der Waals surface area contributed by atoms with Crippen LogP contribution in [0, 0.1) is 0 Å². The fourth-order valence-electron chi connectivity index (χ4n) is 1.08. The molecule has 0 rings (SSSR count). The molecule has 0 bridgehead atoms. The van der Waals surface area contributed by atoms with Crippen LogP contribution in [0.2, 0.25) is 0 Å². The molecule has 0 aliphatic heterocycles. The maximum atomic E-state index is 9.03. The van der Waals surface area contributed by atoms with Crippen LogP contribution in [0.1, 0.15) is 20.3 Å². The van der Waals surface area contributed by atoms with Crippen LogP contribution in [-0.4, -0.2) is 35.8 Å². The van der Waals surface area contributed by atoms with E-state index in [1.54, 1.807) is 11.8 Å². The first-order valence-corrected chi connectivity index (χ1v) is 5.92. The Hall–Kier alpha value is 0.0100. The molecule has 0 saturated carbocycles. The lowest BCUT2D eigenvalue weighted by Gasteiger charge is -2.21. The van der Waals surface area contributed by atoms with E-state index in [-0.39, 0.29) is 6.61 Å². The lowest BCUT2D eigenvalue weighted by molar-refractivity contribution is 0.276. The van der Waals surface area contributed by atoms with E-state index in [9.17, 15) is 0 Å². The highest BCUT2D eigenvalue weighted by Gasteiger charge is 2.13. The molecule has 0 aromatic rings. The zero-order valence-corrected chi connectivity index (χ0v) is 9.66. The van der Waals surface area contributed by atoms with E-state index in [1.807, 2.05) is 13.2 Å². The fraction of sp³-hybridized carbons (Fsp3) is 0.800. The minimum atomic E-state index is 0.238. The maximum Gasteiger partial charge on any atom is 0.0564 e. The van der Waals surface area contributed by atoms with Crippen LogP contribution in [0.4, 0.5) is 0 Å². The summed E-state index contributed by atoms with van der Waals surface area (Å²) in [5, 5.41) is 12.7. The molecule has 0 aliphatic carbocycles. The Kier molecular flexibility index (Phi) is 7.42. The van der Waals surface area contributed by atoms with Crippen molar-refractivity contribution in [1.29, 1.82) is 0 Å². The van der Waals surface area contributed by atoms with E-state index in [4.69, 9.17) is 5.11 Å². The first-order valence-electron chi connectivity index (χ1n) is 4.63. The molecule has 0 aromatic heterocycles. The molecule has 0 radical (unpaired) electrons. The molecule has 2 atom stereocenters. The summed E-state index contributed by atoms with van der Waals surface area (Å²) in [5.74, 6) is 0. The van der Waals surface area contributed by atoms with Crippen LogP contribution in [0.3, 0.4) is 0 Å². The Morgan fingerprint density at radius 1 is 1.62 bits per heavy atom. The largest absolute Gasteiger partial charge is 0.395 e. The third-order valence-corrected chi connectivity index (χ3v) is 3.22. The van der Waals surface area contributed by atoms with Gasteiger partial charge in [-0.25, -0.2) is 0 Å². The summed E-state index contributed by atoms with van der Waals surface area (Å²) < 4.78 is 0. The van der Waals surface area contributed by atoms with E-state index >= 15 is 0 Å². The molecule has 0 aliphatic rings. The van der Waals surface area contributed by atoms with Crippen LogP contribution in [0.5, 0.6) is 0 Å². The van der Waals surface area contributed by atoms with E-state index < -0.39 is 0 Å². The summed E-state index contributed by atoms with van der Waals surface area (Å²) in [5.41, 5.74) is 1.20. The van der Waals surface area contributed by atoms with E-state index in [0.29, 0.717) is 11.3 Å². The van der Waals surface area contributed by atoms with Gasteiger partial charge in [-0.05, 0) is 33.1 Å². The number of aliphatic hydroxyl groups excluding tert-OH is 1. The molecule has 0 saturated heterocycles. The molecule has 0 fully saturated rings. The molecule has 0 aromatic carbocycles. The average Bonchev–Trinajstić information content (AvgIpc) is 2.05. The Morgan fingerprint density at radius 3 is 2.62 bits per heavy atom. The number of nitrogens with one attached hydrogen (secondary N) is 1. The van der Waals surface area contributed by atoms with Crippen molar-refractivity contribution in [2.45, 2.75) is 31.6 Å². The zero-order chi connectivity index (χ0) is 10.3. The molecule has 0 heterocycles. The van der Waals surface area contributed by atoms with Crippen LogP contribution < -0.4 is 5.32 Å². The van der Waals surface area contributed by atoms with Crippen molar-refractivity contribution in [2.75, 3.05) is 19.4 Å². The molecular weight excluding hydrogens is 182 g/mol. The average molecular weight is 203 g/mol. The van der Waals surface area contributed by atoms with E-state index in [1.165, 1.54) is 5.57 Å². The zero-order valence-electron chi connectivity index (χ0n) is 8.84. The van der Waals surface area contributed by atoms with Crippen molar-refractivity contribution in [3.63, 3.8) is 0 Å². The van der Waals surface area contributed by atoms with Gasteiger partial charge >= 0.3 is 0 Å². The third-order valence-electron chi connectivity index (χ3n) is 2.06. The van der Waals surface area contributed by atoms with Crippen molar-refractivity contribution in [3.8, 4) is 0 Å². The Labute approximate surface area is 85.8 Å². The second-order valence-electron chi connectivity index (χ2n) is 3.41. The van der Waals surface area contributed by atoms with Gasteiger partial charge in [-0.2, -0.15) is 11.8 Å². The van der Waals surface area contributed by atoms with Crippen molar-refractivity contribution < 1.29 is 5.11 Å². The second kappa shape index (κ2) is 7.42. The number of hydrogen-bond acceptors (Lipinski definition) is 3. The predicted molar refractivity (Wildman–Crippen MR) is 61.3 cm³/mol. The Bertz CT molecular complexity index is 146. The Balaban J connectivity index is 3.59. The van der Waals surface area contributed by atoms with Gasteiger partial charge in [0.2, 0.25) is 0 Å². The van der Waals surface area contributed by atoms with Gasteiger partial charge in [0, 0.05) is 11.3 Å². The van der Waals surface area contributed by atoms with Gasteiger partial charge in [0.1, 0.15) is 0 Å². The highest BCUT2D eigenvalue weighted by atomic mass is 32.2. The van der Waals surface area contributed by atoms with Gasteiger partial charge < -0.3 is 10.4 Å². The lowest BCUT2D eigenvalue weighted by Crippen LogP contribution is -2.38. The molecule has 78 valence electrons. The summed E-state index contributed by atoms with van der Waals surface area (Å²) >= 11 is 1.70. The third kappa shape index (κ3) is 6.13. The van der Waals surface area contributed by atoms with Crippen LogP contribution in [0.25, 0.3) is 0 Å². The summed E-state index contributed by atoms with van der Waals surface area (Å²) in [6, 6.07) is 0.361. The molecule has 2 nitrogen and oxygen atoms in total. The van der Waals surface area contributed by atoms with Gasteiger partial charge in [-0.1, -0.05) is 5.57 Å². The molecule has 3 heteroatoms. The van der Waals surface area contributed by atoms with Crippen molar-refractivity contribution in [1.82, 2.24) is 5.32 Å². The quantitative estimate of drug-likeness (QED) is 0.617. The van der Waals surface area contributed by atoms with Gasteiger partial charge in [-0.3, -0.25) is 0 Å². The monoisotopic (exact) mass is 203 g/mol. The Morgan fingerprint density at radius 2 is 2.23 bits per heavy atom. The van der Waals surface area contributed by atoms with Gasteiger partial charge in [0.05, 0.1) is 6.61 Å². The SMILES string of the molecule is C=C(C)CCNC(C)C(CO)SC. The van der Waals surface area contributed by atoms with Crippen LogP contribution in [0.15, 0.2) is 12.2 Å². The number of hydrogen-bond donors (Lipinski definition) is 2. The van der Waals surface area contributed by atoms with Gasteiger partial charge in [0.15, 0.2) is 0 Å². The molecule has 2 N–H and O–H groups in total. The van der Waals surface area contributed by atoms with Crippen molar-refractivity contribution in [3.05, 3.63) is 12.2 Å². The molecule has 2 unspecified atom stereocenters. The van der Waals surface area contributed by atoms with Crippen LogP contribution >= 0.6 is 11.8 Å². The molecule has 0 amide bonds. The number of aliphatic hydroxyl groups is 1. The number of thioether (sulfide) groups is 1. The molecule has 13 heavy (non-hydrogen) atoms. The second-order valence-corrected chi connectivity index (χ2v) is 4.48. The molecule has 0 spiro atoms. The minimum absolute atomic E-state index is 0.238. The van der Waals surface area contributed by atoms with E-state index in [0.717, 1.165) is 13.0 Å². The van der Waals surface area contributed by atoms with E-state index in [2.05, 4.69) is 18.8 Å². The van der Waals surface area contributed by atoms with Crippen molar-refractivity contribution >= 4 is 11.8 Å². The summed E-state index contributed by atoms with van der Waals surface area (Å²) in [6.45, 7) is 9.17. The maximum absolute atomic E-state index is 9.03. The topological polar surface area (TPSA) is 32.3 Å². The predicted octanol–water partition coefficient (Wildman–Crippen LogP) is 1.65. The number of rotatable bonds is 7. The first-order chi connectivity index (χ1) is 6.11. The standard InChI is InChI=1S/C10H21NOS/c1-8(2)5-6-11-9(3)10(7-12)13-4/h9-12H,1,5-7H2,2-4H3. The van der Waals surface area contributed by atoms with Gasteiger partial charge in [0.25, 0.3) is 0 Å².